The second kappa shape index (κ2) is 7.44. The average molecular weight is 393 g/mol. The number of ether oxygens (including phenoxy) is 2. The molecule has 1 atom stereocenters. The molecule has 110 valence electrons. The van der Waals surface area contributed by atoms with Gasteiger partial charge in [-0.15, -0.1) is 0 Å². The van der Waals surface area contributed by atoms with E-state index in [0.29, 0.717) is 5.75 Å². The van der Waals surface area contributed by atoms with Gasteiger partial charge in [0.25, 0.3) is 5.91 Å². The van der Waals surface area contributed by atoms with Crippen LogP contribution in [0.25, 0.3) is 0 Å². The zero-order valence-electron chi connectivity index (χ0n) is 11.2. The van der Waals surface area contributed by atoms with Crippen molar-refractivity contribution in [1.82, 2.24) is 5.32 Å². The van der Waals surface area contributed by atoms with Gasteiger partial charge in [-0.3, -0.25) is 4.79 Å². The fourth-order valence-corrected chi connectivity index (χ4v) is 1.82. The molecule has 20 heavy (non-hydrogen) atoms. The lowest BCUT2D eigenvalue weighted by Gasteiger charge is -2.25. The molecule has 0 bridgehead atoms. The number of hydrogen-bond acceptors (Lipinski definition) is 4. The van der Waals surface area contributed by atoms with E-state index in [-0.39, 0.29) is 13.2 Å². The van der Waals surface area contributed by atoms with Crippen LogP contribution in [-0.4, -0.2) is 42.8 Å². The number of methoxy groups -OCH3 is 1. The highest BCUT2D eigenvalue weighted by molar-refractivity contribution is 14.1. The van der Waals surface area contributed by atoms with E-state index in [1.54, 1.807) is 12.1 Å². The predicted octanol–water partition coefficient (Wildman–Crippen LogP) is 1.28. The Labute approximate surface area is 130 Å². The second-order valence-corrected chi connectivity index (χ2v) is 5.61. The number of rotatable bonds is 7. The van der Waals surface area contributed by atoms with Gasteiger partial charge in [0.1, 0.15) is 5.75 Å². The topological polar surface area (TPSA) is 84.9 Å². The molecule has 0 aliphatic carbocycles. The number of nitrogens with one attached hydrogen (secondary N) is 1. The maximum absolute atomic E-state index is 11.7. The molecule has 0 aliphatic rings. The first-order valence-corrected chi connectivity index (χ1v) is 6.87. The summed E-state index contributed by atoms with van der Waals surface area (Å²) in [6.07, 6.45) is 0. The molecule has 1 unspecified atom stereocenters. The van der Waals surface area contributed by atoms with Gasteiger partial charge in [-0.05, 0) is 53.8 Å². The van der Waals surface area contributed by atoms with Gasteiger partial charge < -0.3 is 19.9 Å². The molecule has 0 heterocycles. The van der Waals surface area contributed by atoms with Crippen molar-refractivity contribution in [3.8, 4) is 5.75 Å². The van der Waals surface area contributed by atoms with Crippen molar-refractivity contribution in [3.63, 3.8) is 0 Å². The van der Waals surface area contributed by atoms with Crippen LogP contribution in [0.2, 0.25) is 0 Å². The van der Waals surface area contributed by atoms with Gasteiger partial charge in [-0.1, -0.05) is 0 Å². The highest BCUT2D eigenvalue weighted by atomic mass is 127. The van der Waals surface area contributed by atoms with Crippen molar-refractivity contribution in [1.29, 1.82) is 0 Å². The quantitative estimate of drug-likeness (QED) is 0.682. The normalized spacial score (nSPS) is 13.3. The maximum atomic E-state index is 11.7. The highest BCUT2D eigenvalue weighted by Gasteiger charge is 2.35. The zero-order chi connectivity index (χ0) is 15.2. The number of carboxylic acids is 1. The summed E-state index contributed by atoms with van der Waals surface area (Å²) >= 11 is 2.16. The van der Waals surface area contributed by atoms with Crippen molar-refractivity contribution in [2.75, 3.05) is 20.3 Å². The Morgan fingerprint density at radius 3 is 2.45 bits per heavy atom. The van der Waals surface area contributed by atoms with Crippen molar-refractivity contribution >= 4 is 34.5 Å². The van der Waals surface area contributed by atoms with Gasteiger partial charge >= 0.3 is 5.97 Å². The number of carboxylic acid groups (broad SMARTS) is 1. The number of halogens is 1. The Morgan fingerprint density at radius 1 is 1.35 bits per heavy atom. The van der Waals surface area contributed by atoms with E-state index in [2.05, 4.69) is 27.9 Å². The lowest BCUT2D eigenvalue weighted by atomic mass is 10.0. The molecule has 7 heteroatoms. The second-order valence-electron chi connectivity index (χ2n) is 4.36. The number of carbonyl (C=O) groups is 2. The molecule has 1 aromatic carbocycles. The smallest absolute Gasteiger partial charge is 0.331 e. The first-order chi connectivity index (χ1) is 9.37. The van der Waals surface area contributed by atoms with Crippen LogP contribution >= 0.6 is 22.6 Å². The van der Waals surface area contributed by atoms with Gasteiger partial charge in [0.2, 0.25) is 0 Å². The van der Waals surface area contributed by atoms with E-state index in [0.717, 1.165) is 3.57 Å². The van der Waals surface area contributed by atoms with Gasteiger partial charge in [-0.25, -0.2) is 4.79 Å². The van der Waals surface area contributed by atoms with E-state index in [4.69, 9.17) is 14.6 Å². The van der Waals surface area contributed by atoms with Crippen LogP contribution in [0.3, 0.4) is 0 Å². The Kier molecular flexibility index (Phi) is 6.21. The minimum Gasteiger partial charge on any atom is -0.484 e. The third-order valence-electron chi connectivity index (χ3n) is 2.50. The number of hydrogen-bond donors (Lipinski definition) is 2. The summed E-state index contributed by atoms with van der Waals surface area (Å²) in [5.41, 5.74) is -1.47. The number of benzene rings is 1. The standard InChI is InChI=1S/C13H16INO5/c1-13(8-19-2,12(17)18)15-11(16)7-20-10-5-3-9(14)4-6-10/h3-6H,7-8H2,1-2H3,(H,15,16)(H,17,18). The van der Waals surface area contributed by atoms with Crippen LogP contribution in [0.5, 0.6) is 5.75 Å². The lowest BCUT2D eigenvalue weighted by Crippen LogP contribution is -2.56. The van der Waals surface area contributed by atoms with Crippen LogP contribution in [0, 0.1) is 3.57 Å². The van der Waals surface area contributed by atoms with Gasteiger partial charge in [0, 0.05) is 10.7 Å². The minimum atomic E-state index is -1.47. The van der Waals surface area contributed by atoms with E-state index in [1.807, 2.05) is 12.1 Å². The van der Waals surface area contributed by atoms with Crippen LogP contribution in [-0.2, 0) is 14.3 Å². The summed E-state index contributed by atoms with van der Waals surface area (Å²) in [5, 5.41) is 11.5. The summed E-state index contributed by atoms with van der Waals surface area (Å²) in [5.74, 6) is -1.14. The highest BCUT2D eigenvalue weighted by Crippen LogP contribution is 2.13. The maximum Gasteiger partial charge on any atom is 0.331 e. The van der Waals surface area contributed by atoms with E-state index >= 15 is 0 Å². The van der Waals surface area contributed by atoms with Crippen LogP contribution in [0.15, 0.2) is 24.3 Å². The van der Waals surface area contributed by atoms with E-state index < -0.39 is 17.4 Å². The number of aliphatic carboxylic acids is 1. The molecule has 1 amide bonds. The van der Waals surface area contributed by atoms with Crippen molar-refractivity contribution in [2.45, 2.75) is 12.5 Å². The molecule has 1 aromatic rings. The Bertz CT molecular complexity index is 476. The molecule has 0 aromatic heterocycles. The molecule has 0 aliphatic heterocycles. The average Bonchev–Trinajstić information content (AvgIpc) is 2.38. The predicted molar refractivity (Wildman–Crippen MR) is 80.7 cm³/mol. The van der Waals surface area contributed by atoms with Gasteiger partial charge in [-0.2, -0.15) is 0 Å². The molecule has 0 spiro atoms. The van der Waals surface area contributed by atoms with Crippen LogP contribution < -0.4 is 10.1 Å². The molecule has 0 radical (unpaired) electrons. The Balaban J connectivity index is 2.54. The number of carbonyl (C=O) groups excluding carboxylic acids is 1. The summed E-state index contributed by atoms with van der Waals surface area (Å²) in [6.45, 7) is 0.992. The van der Waals surface area contributed by atoms with Crippen molar-refractivity contribution < 1.29 is 24.2 Å². The molecule has 0 saturated heterocycles. The first-order valence-electron chi connectivity index (χ1n) is 5.79. The summed E-state index contributed by atoms with van der Waals surface area (Å²) in [7, 11) is 1.37. The van der Waals surface area contributed by atoms with Crippen LogP contribution in [0.4, 0.5) is 0 Å². The molecule has 1 rings (SSSR count). The summed E-state index contributed by atoms with van der Waals surface area (Å²) in [6, 6.07) is 7.17. The molecule has 2 N–H and O–H groups in total. The Morgan fingerprint density at radius 2 is 1.95 bits per heavy atom. The fourth-order valence-electron chi connectivity index (χ4n) is 1.46. The summed E-state index contributed by atoms with van der Waals surface area (Å²) < 4.78 is 11.1. The fraction of sp³-hybridized carbons (Fsp3) is 0.385. The molecular formula is C13H16INO5. The first kappa shape index (κ1) is 16.7. The summed E-state index contributed by atoms with van der Waals surface area (Å²) in [4.78, 5) is 22.8. The zero-order valence-corrected chi connectivity index (χ0v) is 13.3. The third kappa shape index (κ3) is 4.97. The van der Waals surface area contributed by atoms with Crippen molar-refractivity contribution in [3.05, 3.63) is 27.8 Å². The molecular weight excluding hydrogens is 377 g/mol. The van der Waals surface area contributed by atoms with Gasteiger partial charge in [0.05, 0.1) is 6.61 Å². The van der Waals surface area contributed by atoms with E-state index in [9.17, 15) is 9.59 Å². The molecule has 0 fully saturated rings. The lowest BCUT2D eigenvalue weighted by molar-refractivity contribution is -0.149. The SMILES string of the molecule is COCC(C)(NC(=O)COc1ccc(I)cc1)C(=O)O. The monoisotopic (exact) mass is 393 g/mol. The third-order valence-corrected chi connectivity index (χ3v) is 3.22. The Hall–Kier alpha value is -1.35. The molecule has 0 saturated carbocycles. The van der Waals surface area contributed by atoms with Gasteiger partial charge in [0.15, 0.2) is 12.1 Å². The van der Waals surface area contributed by atoms with Crippen molar-refractivity contribution in [2.24, 2.45) is 0 Å². The minimum absolute atomic E-state index is 0.127. The van der Waals surface area contributed by atoms with Crippen LogP contribution in [0.1, 0.15) is 6.92 Å². The number of amides is 1. The largest absolute Gasteiger partial charge is 0.484 e. The van der Waals surface area contributed by atoms with E-state index in [1.165, 1.54) is 14.0 Å². The molecule has 6 nitrogen and oxygen atoms in total.